The molecule has 1 unspecified atom stereocenters. The first-order valence-electron chi connectivity index (χ1n) is 10.9. The number of nitrogens with zero attached hydrogens (tertiary/aromatic N) is 3. The van der Waals surface area contributed by atoms with E-state index >= 15 is 0 Å². The maximum Gasteiger partial charge on any atom is 0.412 e. The summed E-state index contributed by atoms with van der Waals surface area (Å²) in [5.41, 5.74) is 1.86. The lowest BCUT2D eigenvalue weighted by Gasteiger charge is -2.32. The van der Waals surface area contributed by atoms with Crippen molar-refractivity contribution in [1.82, 2.24) is 4.90 Å². The van der Waals surface area contributed by atoms with Crippen molar-refractivity contribution in [2.24, 2.45) is 10.9 Å². The Morgan fingerprint density at radius 3 is 2.47 bits per heavy atom. The predicted molar refractivity (Wildman–Crippen MR) is 118 cm³/mol. The predicted octanol–water partition coefficient (Wildman–Crippen LogP) is 4.73. The van der Waals surface area contributed by atoms with E-state index < -0.39 is 12.2 Å². The van der Waals surface area contributed by atoms with Gasteiger partial charge >= 0.3 is 6.18 Å². The van der Waals surface area contributed by atoms with Crippen LogP contribution in [-0.2, 0) is 11.3 Å². The van der Waals surface area contributed by atoms with E-state index in [0.29, 0.717) is 18.2 Å². The number of rotatable bonds is 6. The zero-order valence-electron chi connectivity index (χ0n) is 18.1. The average molecular weight is 448 g/mol. The van der Waals surface area contributed by atoms with Gasteiger partial charge in [-0.15, -0.1) is 0 Å². The van der Waals surface area contributed by atoms with Crippen LogP contribution in [0.15, 0.2) is 59.6 Å². The monoisotopic (exact) mass is 447 g/mol. The summed E-state index contributed by atoms with van der Waals surface area (Å²) < 4.78 is 51.0. The quantitative estimate of drug-likeness (QED) is 0.642. The van der Waals surface area contributed by atoms with Crippen LogP contribution in [0.5, 0.6) is 5.75 Å². The Bertz CT molecular complexity index is 912. The summed E-state index contributed by atoms with van der Waals surface area (Å²) in [5, 5.41) is 0. The van der Waals surface area contributed by atoms with Crippen LogP contribution in [0.4, 0.5) is 18.9 Å². The third kappa shape index (κ3) is 5.54. The third-order valence-corrected chi connectivity index (χ3v) is 5.99. The van der Waals surface area contributed by atoms with E-state index in [1.165, 1.54) is 10.5 Å². The van der Waals surface area contributed by atoms with E-state index in [0.717, 1.165) is 38.2 Å². The minimum Gasteiger partial charge on any atom is -0.497 e. The zero-order chi connectivity index (χ0) is 22.6. The molecule has 0 bridgehead atoms. The maximum atomic E-state index is 13.3. The Kier molecular flexibility index (Phi) is 6.89. The highest BCUT2D eigenvalue weighted by atomic mass is 19.4. The van der Waals surface area contributed by atoms with E-state index in [9.17, 15) is 13.2 Å². The van der Waals surface area contributed by atoms with Crippen molar-refractivity contribution in [2.75, 3.05) is 38.3 Å². The second kappa shape index (κ2) is 9.81. The second-order valence-corrected chi connectivity index (χ2v) is 8.30. The van der Waals surface area contributed by atoms with Crippen LogP contribution >= 0.6 is 0 Å². The minimum atomic E-state index is -4.39. The molecule has 8 heteroatoms. The summed E-state index contributed by atoms with van der Waals surface area (Å²) >= 11 is 0. The number of ether oxygens (including phenoxy) is 2. The highest BCUT2D eigenvalue weighted by Gasteiger charge is 2.46. The molecule has 0 aliphatic carbocycles. The van der Waals surface area contributed by atoms with Crippen molar-refractivity contribution < 1.29 is 22.6 Å². The number of hydrogen-bond acceptors (Lipinski definition) is 5. The number of alkyl halides is 3. The second-order valence-electron chi connectivity index (χ2n) is 8.30. The van der Waals surface area contributed by atoms with Gasteiger partial charge in [0.25, 0.3) is 6.02 Å². The molecule has 32 heavy (non-hydrogen) atoms. The van der Waals surface area contributed by atoms with E-state index in [-0.39, 0.29) is 12.6 Å². The number of aliphatic imine (C=N–C) groups is 1. The summed E-state index contributed by atoms with van der Waals surface area (Å²) in [6, 6.07) is 15.3. The van der Waals surface area contributed by atoms with E-state index in [1.807, 2.05) is 24.3 Å². The number of para-hydroxylation sites is 1. The molecule has 0 amide bonds. The van der Waals surface area contributed by atoms with Gasteiger partial charge in [0.15, 0.2) is 6.04 Å². The summed E-state index contributed by atoms with van der Waals surface area (Å²) in [7, 11) is 1.66. The fraction of sp³-hybridized carbons (Fsp3) is 0.458. The van der Waals surface area contributed by atoms with E-state index in [4.69, 9.17) is 9.47 Å². The topological polar surface area (TPSA) is 37.3 Å². The van der Waals surface area contributed by atoms with E-state index in [1.54, 1.807) is 31.4 Å². The fourth-order valence-electron chi connectivity index (χ4n) is 4.14. The lowest BCUT2D eigenvalue weighted by atomic mass is 9.97. The van der Waals surface area contributed by atoms with Crippen molar-refractivity contribution in [3.8, 4) is 5.75 Å². The van der Waals surface area contributed by atoms with Gasteiger partial charge < -0.3 is 9.47 Å². The van der Waals surface area contributed by atoms with Crippen LogP contribution in [0.25, 0.3) is 0 Å². The number of halogens is 3. The van der Waals surface area contributed by atoms with Gasteiger partial charge in [-0.3, -0.25) is 9.80 Å². The molecule has 5 nitrogen and oxygen atoms in total. The SMILES string of the molecule is COc1cccc(CN2CCC(COC3=NC(C(F)(F)F)CN3c3ccccc3)CC2)c1. The third-order valence-electron chi connectivity index (χ3n) is 5.99. The first-order chi connectivity index (χ1) is 15.4. The normalized spacial score (nSPS) is 20.3. The molecule has 2 aromatic rings. The van der Waals surface area contributed by atoms with Gasteiger partial charge in [0, 0.05) is 12.2 Å². The Morgan fingerprint density at radius 2 is 1.78 bits per heavy atom. The van der Waals surface area contributed by atoms with Gasteiger partial charge in [-0.2, -0.15) is 13.2 Å². The number of hydrogen-bond donors (Lipinski definition) is 0. The van der Waals surface area contributed by atoms with Crippen molar-refractivity contribution in [1.29, 1.82) is 0 Å². The molecular weight excluding hydrogens is 419 g/mol. The average Bonchev–Trinajstić information content (AvgIpc) is 3.24. The minimum absolute atomic E-state index is 0.0670. The first-order valence-corrected chi connectivity index (χ1v) is 10.9. The number of methoxy groups -OCH3 is 1. The Morgan fingerprint density at radius 1 is 1.03 bits per heavy atom. The Labute approximate surface area is 186 Å². The van der Waals surface area contributed by atoms with Crippen LogP contribution in [0.3, 0.4) is 0 Å². The van der Waals surface area contributed by atoms with Crippen molar-refractivity contribution >= 4 is 11.7 Å². The van der Waals surface area contributed by atoms with Gasteiger partial charge in [-0.1, -0.05) is 30.3 Å². The first kappa shape index (κ1) is 22.5. The number of likely N-dealkylation sites (tertiary alicyclic amines) is 1. The van der Waals surface area contributed by atoms with Crippen LogP contribution < -0.4 is 9.64 Å². The van der Waals surface area contributed by atoms with Crippen LogP contribution in [0, 0.1) is 5.92 Å². The highest BCUT2D eigenvalue weighted by Crippen LogP contribution is 2.31. The summed E-state index contributed by atoms with van der Waals surface area (Å²) in [6.45, 7) is 2.82. The number of piperidine rings is 1. The number of anilines is 1. The molecule has 1 atom stereocenters. The molecule has 1 fully saturated rings. The van der Waals surface area contributed by atoms with Crippen LogP contribution in [-0.4, -0.2) is 56.5 Å². The lowest BCUT2D eigenvalue weighted by molar-refractivity contribution is -0.143. The fourth-order valence-corrected chi connectivity index (χ4v) is 4.14. The molecule has 4 rings (SSSR count). The molecule has 2 aliphatic heterocycles. The smallest absolute Gasteiger partial charge is 0.412 e. The maximum absolute atomic E-state index is 13.3. The largest absolute Gasteiger partial charge is 0.497 e. The van der Waals surface area contributed by atoms with Crippen molar-refractivity contribution in [3.63, 3.8) is 0 Å². The molecule has 0 aromatic heterocycles. The number of benzene rings is 2. The molecule has 2 heterocycles. The lowest BCUT2D eigenvalue weighted by Crippen LogP contribution is -2.37. The van der Waals surface area contributed by atoms with Gasteiger partial charge in [-0.25, -0.2) is 4.99 Å². The summed E-state index contributed by atoms with van der Waals surface area (Å²) in [6.07, 6.45) is -2.51. The van der Waals surface area contributed by atoms with Gasteiger partial charge in [0.05, 0.1) is 20.3 Å². The highest BCUT2D eigenvalue weighted by molar-refractivity contribution is 5.93. The standard InChI is InChI=1S/C24H28F3N3O2/c1-31-21-9-5-6-19(14-21)15-29-12-10-18(11-13-29)17-32-23-28-22(24(25,26)27)16-30(23)20-7-3-2-4-8-20/h2-9,14,18,22H,10-13,15-17H2,1H3. The molecule has 2 aliphatic rings. The Hall–Kier alpha value is -2.74. The molecule has 1 saturated heterocycles. The number of amidine groups is 1. The summed E-state index contributed by atoms with van der Waals surface area (Å²) in [5.74, 6) is 1.14. The van der Waals surface area contributed by atoms with Crippen molar-refractivity contribution in [2.45, 2.75) is 31.6 Å². The molecule has 0 N–H and O–H groups in total. The van der Waals surface area contributed by atoms with Crippen LogP contribution in [0.1, 0.15) is 18.4 Å². The molecule has 2 aromatic carbocycles. The zero-order valence-corrected chi connectivity index (χ0v) is 18.1. The van der Waals surface area contributed by atoms with Gasteiger partial charge in [0.2, 0.25) is 0 Å². The Balaban J connectivity index is 1.31. The summed E-state index contributed by atoms with van der Waals surface area (Å²) in [4.78, 5) is 7.77. The van der Waals surface area contributed by atoms with Crippen molar-refractivity contribution in [3.05, 3.63) is 60.2 Å². The molecule has 0 radical (unpaired) electrons. The molecule has 0 spiro atoms. The van der Waals surface area contributed by atoms with Crippen LogP contribution in [0.2, 0.25) is 0 Å². The molecular formula is C24H28F3N3O2. The van der Waals surface area contributed by atoms with Gasteiger partial charge in [-0.05, 0) is 61.7 Å². The van der Waals surface area contributed by atoms with E-state index in [2.05, 4.69) is 16.0 Å². The van der Waals surface area contributed by atoms with Gasteiger partial charge in [0.1, 0.15) is 5.75 Å². The molecule has 172 valence electrons. The molecule has 0 saturated carbocycles.